The van der Waals surface area contributed by atoms with Gasteiger partial charge in [-0.15, -0.1) is 11.3 Å². The molecule has 31 heavy (non-hydrogen) atoms. The molecule has 0 unspecified atom stereocenters. The number of aryl methyl sites for hydroxylation is 1. The molecular weight excluding hydrogens is 410 g/mol. The molecule has 0 spiro atoms. The van der Waals surface area contributed by atoms with Crippen molar-refractivity contribution in [1.29, 1.82) is 0 Å². The minimum absolute atomic E-state index is 0.557. The number of hydrogen-bond acceptors (Lipinski definition) is 6. The van der Waals surface area contributed by atoms with E-state index < -0.39 is 0 Å². The summed E-state index contributed by atoms with van der Waals surface area (Å²) >= 11 is 1.68. The number of nitrogens with one attached hydrogen (secondary N) is 2. The molecule has 0 saturated carbocycles. The fourth-order valence-electron chi connectivity index (χ4n) is 3.10. The molecule has 0 saturated heterocycles. The molecule has 0 aliphatic rings. The fourth-order valence-corrected chi connectivity index (χ4v) is 3.75. The monoisotopic (exact) mass is 447 g/mol. The van der Waals surface area contributed by atoms with Crippen molar-refractivity contribution in [1.82, 2.24) is 20.5 Å². The molecule has 0 fully saturated rings. The number of thiazole rings is 1. The van der Waals surface area contributed by atoms with Gasteiger partial charge >= 0.3 is 0 Å². The van der Waals surface area contributed by atoms with Crippen LogP contribution < -0.4 is 20.1 Å². The quantitative estimate of drug-likeness (QED) is 0.362. The van der Waals surface area contributed by atoms with Crippen LogP contribution in [0.2, 0.25) is 0 Å². The molecule has 0 amide bonds. The summed E-state index contributed by atoms with van der Waals surface area (Å²) in [4.78, 5) is 11.5. The number of benzene rings is 1. The molecule has 7 nitrogen and oxygen atoms in total. The van der Waals surface area contributed by atoms with Crippen molar-refractivity contribution in [3.8, 4) is 11.5 Å². The average Bonchev–Trinajstić information content (AvgIpc) is 3.20. The first-order valence-corrected chi connectivity index (χ1v) is 11.9. The van der Waals surface area contributed by atoms with Gasteiger partial charge in [-0.2, -0.15) is 0 Å². The van der Waals surface area contributed by atoms with Crippen molar-refractivity contribution >= 4 is 17.3 Å². The smallest absolute Gasteiger partial charge is 0.191 e. The van der Waals surface area contributed by atoms with E-state index in [4.69, 9.17) is 14.5 Å². The molecular formula is C23H37N5O2S. The molecule has 172 valence electrons. The van der Waals surface area contributed by atoms with Crippen molar-refractivity contribution in [2.45, 2.75) is 40.7 Å². The van der Waals surface area contributed by atoms with E-state index in [0.717, 1.165) is 72.9 Å². The van der Waals surface area contributed by atoms with Gasteiger partial charge in [-0.05, 0) is 44.6 Å². The third kappa shape index (κ3) is 8.75. The Morgan fingerprint density at radius 1 is 1.16 bits per heavy atom. The second kappa shape index (κ2) is 13.9. The summed E-state index contributed by atoms with van der Waals surface area (Å²) in [6.45, 7) is 14.2. The molecule has 0 aliphatic heterocycles. The number of hydrogen-bond donors (Lipinski definition) is 2. The van der Waals surface area contributed by atoms with E-state index in [9.17, 15) is 0 Å². The van der Waals surface area contributed by atoms with Crippen LogP contribution in [0.25, 0.3) is 0 Å². The van der Waals surface area contributed by atoms with Crippen LogP contribution in [0.4, 0.5) is 0 Å². The standard InChI is InChI=1S/C23H37N5O2S/c1-6-24-23(25-12-11-20-17-31-18(4)27-20)26-16-19-9-10-21(22(15-19)29-5)30-14-13-28(7-2)8-3/h9-10,15,17H,6-8,11-14,16H2,1-5H3,(H2,24,25,26). The fraction of sp³-hybridized carbons (Fsp3) is 0.565. The Labute approximate surface area is 190 Å². The first kappa shape index (κ1) is 24.9. The van der Waals surface area contributed by atoms with Crippen molar-refractivity contribution in [3.05, 3.63) is 39.8 Å². The van der Waals surface area contributed by atoms with Gasteiger partial charge in [0.15, 0.2) is 17.5 Å². The Bertz CT molecular complexity index is 805. The lowest BCUT2D eigenvalue weighted by Gasteiger charge is -2.19. The first-order chi connectivity index (χ1) is 15.1. The topological polar surface area (TPSA) is 71.0 Å². The number of methoxy groups -OCH3 is 1. The highest BCUT2D eigenvalue weighted by atomic mass is 32.1. The minimum Gasteiger partial charge on any atom is -0.493 e. The average molecular weight is 448 g/mol. The predicted molar refractivity (Wildman–Crippen MR) is 130 cm³/mol. The van der Waals surface area contributed by atoms with Gasteiger partial charge in [-0.1, -0.05) is 19.9 Å². The van der Waals surface area contributed by atoms with Crippen LogP contribution in [-0.4, -0.2) is 62.3 Å². The normalized spacial score (nSPS) is 11.6. The summed E-state index contributed by atoms with van der Waals surface area (Å²) in [5.74, 6) is 2.31. The summed E-state index contributed by atoms with van der Waals surface area (Å²) < 4.78 is 11.5. The summed E-state index contributed by atoms with van der Waals surface area (Å²) in [5.41, 5.74) is 2.19. The van der Waals surface area contributed by atoms with Gasteiger partial charge in [0.05, 0.1) is 24.4 Å². The third-order valence-electron chi connectivity index (χ3n) is 4.89. The van der Waals surface area contributed by atoms with Crippen LogP contribution in [0.15, 0.2) is 28.6 Å². The molecule has 0 radical (unpaired) electrons. The molecule has 0 bridgehead atoms. The van der Waals surface area contributed by atoms with E-state index in [1.54, 1.807) is 18.4 Å². The molecule has 1 aromatic carbocycles. The third-order valence-corrected chi connectivity index (χ3v) is 5.71. The summed E-state index contributed by atoms with van der Waals surface area (Å²) in [6.07, 6.45) is 0.877. The number of rotatable bonds is 13. The maximum Gasteiger partial charge on any atom is 0.191 e. The number of guanidine groups is 1. The molecule has 2 N–H and O–H groups in total. The summed E-state index contributed by atoms with van der Waals surface area (Å²) in [6, 6.07) is 6.01. The van der Waals surface area contributed by atoms with E-state index in [1.807, 2.05) is 25.1 Å². The Balaban J connectivity index is 1.91. The van der Waals surface area contributed by atoms with Crippen molar-refractivity contribution < 1.29 is 9.47 Å². The molecule has 8 heteroatoms. The van der Waals surface area contributed by atoms with Crippen LogP contribution in [-0.2, 0) is 13.0 Å². The zero-order valence-corrected chi connectivity index (χ0v) is 20.3. The molecule has 2 aromatic rings. The second-order valence-electron chi connectivity index (χ2n) is 7.09. The number of nitrogens with zero attached hydrogens (tertiary/aromatic N) is 3. The first-order valence-electron chi connectivity index (χ1n) is 11.0. The van der Waals surface area contributed by atoms with Gasteiger partial charge in [-0.3, -0.25) is 0 Å². The van der Waals surface area contributed by atoms with Gasteiger partial charge in [0, 0.05) is 31.4 Å². The predicted octanol–water partition coefficient (Wildman–Crippen LogP) is 3.48. The van der Waals surface area contributed by atoms with Crippen molar-refractivity contribution in [3.63, 3.8) is 0 Å². The van der Waals surface area contributed by atoms with E-state index in [-0.39, 0.29) is 0 Å². The lowest BCUT2D eigenvalue weighted by Crippen LogP contribution is -2.38. The van der Waals surface area contributed by atoms with E-state index in [0.29, 0.717) is 13.2 Å². The Hall–Kier alpha value is -2.32. The summed E-state index contributed by atoms with van der Waals surface area (Å²) in [5, 5.41) is 9.89. The van der Waals surface area contributed by atoms with Crippen LogP contribution >= 0.6 is 11.3 Å². The zero-order chi connectivity index (χ0) is 22.5. The lowest BCUT2D eigenvalue weighted by atomic mass is 10.2. The van der Waals surface area contributed by atoms with E-state index >= 15 is 0 Å². The van der Waals surface area contributed by atoms with Crippen molar-refractivity contribution in [2.75, 3.05) is 46.4 Å². The lowest BCUT2D eigenvalue weighted by molar-refractivity contribution is 0.217. The van der Waals surface area contributed by atoms with Crippen LogP contribution in [0.5, 0.6) is 11.5 Å². The number of likely N-dealkylation sites (N-methyl/N-ethyl adjacent to an activating group) is 1. The molecule has 1 aromatic heterocycles. The largest absolute Gasteiger partial charge is 0.493 e. The van der Waals surface area contributed by atoms with Gasteiger partial charge in [-0.25, -0.2) is 9.98 Å². The van der Waals surface area contributed by atoms with Crippen LogP contribution in [0.1, 0.15) is 37.0 Å². The molecule has 0 aliphatic carbocycles. The highest BCUT2D eigenvalue weighted by Crippen LogP contribution is 2.28. The maximum absolute atomic E-state index is 5.95. The molecule has 1 heterocycles. The number of ether oxygens (including phenoxy) is 2. The van der Waals surface area contributed by atoms with Gasteiger partial charge in [0.2, 0.25) is 0 Å². The van der Waals surface area contributed by atoms with Crippen LogP contribution in [0.3, 0.4) is 0 Å². The number of aromatic nitrogens is 1. The Morgan fingerprint density at radius 3 is 2.61 bits per heavy atom. The van der Waals surface area contributed by atoms with Crippen molar-refractivity contribution in [2.24, 2.45) is 4.99 Å². The molecule has 2 rings (SSSR count). The molecule has 0 atom stereocenters. The Morgan fingerprint density at radius 2 is 1.97 bits per heavy atom. The summed E-state index contributed by atoms with van der Waals surface area (Å²) in [7, 11) is 1.67. The zero-order valence-electron chi connectivity index (χ0n) is 19.5. The van der Waals surface area contributed by atoms with E-state index in [2.05, 4.69) is 46.7 Å². The SMILES string of the molecule is CCNC(=NCc1ccc(OCCN(CC)CC)c(OC)c1)NCCc1csc(C)n1. The second-order valence-corrected chi connectivity index (χ2v) is 8.15. The van der Waals surface area contributed by atoms with Crippen LogP contribution in [0, 0.1) is 6.92 Å². The highest BCUT2D eigenvalue weighted by molar-refractivity contribution is 7.09. The Kier molecular flexibility index (Phi) is 11.2. The minimum atomic E-state index is 0.557. The van der Waals surface area contributed by atoms with Gasteiger partial charge < -0.3 is 25.0 Å². The van der Waals surface area contributed by atoms with Gasteiger partial charge in [0.25, 0.3) is 0 Å². The van der Waals surface area contributed by atoms with E-state index in [1.165, 1.54) is 0 Å². The number of aliphatic imine (C=N–C) groups is 1. The van der Waals surface area contributed by atoms with Gasteiger partial charge in [0.1, 0.15) is 6.61 Å². The highest BCUT2D eigenvalue weighted by Gasteiger charge is 2.08. The maximum atomic E-state index is 5.95.